The fourth-order valence-electron chi connectivity index (χ4n) is 4.37. The summed E-state index contributed by atoms with van der Waals surface area (Å²) in [4.78, 5) is 9.17. The number of ether oxygens (including phenoxy) is 1. The molecule has 1 aromatic carbocycles. The Bertz CT molecular complexity index is 1330. The molecule has 1 atom stereocenters. The van der Waals surface area contributed by atoms with Crippen molar-refractivity contribution in [1.29, 1.82) is 0 Å². The minimum absolute atomic E-state index is 0.174. The van der Waals surface area contributed by atoms with Crippen LogP contribution >= 0.6 is 0 Å². The Hall–Kier alpha value is -3.43. The van der Waals surface area contributed by atoms with E-state index in [9.17, 15) is 13.9 Å². The zero-order valence-corrected chi connectivity index (χ0v) is 18.7. The molecule has 0 amide bonds. The molecule has 3 N–H and O–H groups in total. The number of aliphatic hydroxyl groups excluding tert-OH is 1. The Kier molecular flexibility index (Phi) is 5.75. The summed E-state index contributed by atoms with van der Waals surface area (Å²) in [7, 11) is 0. The van der Waals surface area contributed by atoms with Gasteiger partial charge in [-0.15, -0.1) is 0 Å². The van der Waals surface area contributed by atoms with Gasteiger partial charge in [-0.05, 0) is 49.2 Å². The second-order valence-corrected chi connectivity index (χ2v) is 8.54. The molecule has 1 aliphatic carbocycles. The number of fused-ring (bicyclic) bond motifs is 1. The molecule has 1 saturated carbocycles. The van der Waals surface area contributed by atoms with Gasteiger partial charge in [0.1, 0.15) is 5.75 Å². The lowest BCUT2D eigenvalue weighted by Crippen LogP contribution is -2.41. The largest absolute Gasteiger partial charge is 0.493 e. The maximum Gasteiger partial charge on any atom is 0.248 e. The Balaban J connectivity index is 1.57. The van der Waals surface area contributed by atoms with Crippen molar-refractivity contribution in [3.05, 3.63) is 66.1 Å². The molecule has 0 spiro atoms. The highest BCUT2D eigenvalue weighted by Gasteiger charge is 2.48. The molecule has 0 bridgehead atoms. The van der Waals surface area contributed by atoms with Crippen molar-refractivity contribution in [2.45, 2.75) is 38.3 Å². The van der Waals surface area contributed by atoms with Gasteiger partial charge in [-0.25, -0.2) is 18.4 Å². The van der Waals surface area contributed by atoms with E-state index in [1.165, 1.54) is 0 Å². The van der Waals surface area contributed by atoms with Crippen molar-refractivity contribution < 1.29 is 18.6 Å². The predicted molar refractivity (Wildman–Crippen MR) is 124 cm³/mol. The Morgan fingerprint density at radius 1 is 1.18 bits per heavy atom. The number of aromatic nitrogens is 4. The number of hydrogen-bond donors (Lipinski definition) is 2. The van der Waals surface area contributed by atoms with Gasteiger partial charge < -0.3 is 15.6 Å². The van der Waals surface area contributed by atoms with Crippen molar-refractivity contribution in [2.24, 2.45) is 11.7 Å². The van der Waals surface area contributed by atoms with Crippen LogP contribution in [0.2, 0.25) is 0 Å². The van der Waals surface area contributed by atoms with Crippen molar-refractivity contribution in [1.82, 2.24) is 19.7 Å². The van der Waals surface area contributed by atoms with Crippen LogP contribution in [-0.4, -0.2) is 37.4 Å². The zero-order chi connectivity index (χ0) is 23.9. The van der Waals surface area contributed by atoms with Crippen molar-refractivity contribution in [2.75, 3.05) is 6.61 Å². The van der Waals surface area contributed by atoms with E-state index >= 15 is 0 Å². The molecule has 0 aliphatic heterocycles. The van der Waals surface area contributed by atoms with E-state index in [4.69, 9.17) is 15.5 Å². The quantitative estimate of drug-likeness (QED) is 0.419. The molecule has 4 aromatic rings. The highest BCUT2D eigenvalue weighted by Crippen LogP contribution is 2.47. The van der Waals surface area contributed by atoms with Gasteiger partial charge in [-0.3, -0.25) is 4.98 Å². The fourth-order valence-corrected chi connectivity index (χ4v) is 4.37. The molecular formula is C25H25F2N5O2. The molecule has 0 unspecified atom stereocenters. The van der Waals surface area contributed by atoms with E-state index in [2.05, 4.69) is 10.1 Å². The van der Waals surface area contributed by atoms with Crippen LogP contribution in [0.25, 0.3) is 28.0 Å². The normalized spacial score (nSPS) is 16.4. The molecule has 176 valence electrons. The summed E-state index contributed by atoms with van der Waals surface area (Å²) in [6, 6.07) is 14.1. The number of benzene rings is 1. The van der Waals surface area contributed by atoms with Gasteiger partial charge in [0.05, 0.1) is 53.4 Å². The summed E-state index contributed by atoms with van der Waals surface area (Å²) in [6.45, 7) is 2.20. The summed E-state index contributed by atoms with van der Waals surface area (Å²) in [5.74, 6) is -1.70. The standard InChI is InChI=1S/C25H25F2N5O2/c1-2-34-22-10-15(19-6-4-7-20(31-19)24(28)16-11-25(26,27)12-16)9-21-18(22)13-29-32(21)23-8-3-5-17(14-33)30-23/h3-10,13,16,24,33H,2,11-12,14,28H2,1H3/t24-/m1/s1. The summed E-state index contributed by atoms with van der Waals surface area (Å²) < 4.78 is 34.3. The molecule has 7 nitrogen and oxygen atoms in total. The van der Waals surface area contributed by atoms with E-state index in [0.29, 0.717) is 35.3 Å². The van der Waals surface area contributed by atoms with Crippen LogP contribution in [0.1, 0.15) is 37.2 Å². The molecular weight excluding hydrogens is 440 g/mol. The Morgan fingerprint density at radius 3 is 2.71 bits per heavy atom. The SMILES string of the molecule is CCOc1cc(-c2cccc([C@H](N)C3CC(F)(F)C3)n2)cc2c1cnn2-c1cccc(CO)n1. The third-order valence-corrected chi connectivity index (χ3v) is 6.16. The third-order valence-electron chi connectivity index (χ3n) is 6.16. The number of nitrogens with zero attached hydrogens (tertiary/aromatic N) is 4. The Labute approximate surface area is 195 Å². The van der Waals surface area contributed by atoms with E-state index < -0.39 is 12.0 Å². The minimum atomic E-state index is -2.63. The topological polar surface area (TPSA) is 99.1 Å². The number of alkyl halides is 2. The number of nitrogens with two attached hydrogens (primary N) is 1. The van der Waals surface area contributed by atoms with Gasteiger partial charge in [0.25, 0.3) is 0 Å². The van der Waals surface area contributed by atoms with E-state index in [0.717, 1.165) is 16.5 Å². The molecule has 34 heavy (non-hydrogen) atoms. The predicted octanol–water partition coefficient (Wildman–Crippen LogP) is 4.42. The molecule has 9 heteroatoms. The minimum Gasteiger partial charge on any atom is -0.493 e. The summed E-state index contributed by atoms with van der Waals surface area (Å²) in [5.41, 5.74) is 9.61. The highest BCUT2D eigenvalue weighted by atomic mass is 19.3. The van der Waals surface area contributed by atoms with E-state index in [1.807, 2.05) is 43.3 Å². The first-order valence-electron chi connectivity index (χ1n) is 11.2. The van der Waals surface area contributed by atoms with Gasteiger partial charge >= 0.3 is 0 Å². The lowest BCUT2D eigenvalue weighted by molar-refractivity contribution is -0.117. The number of hydrogen-bond acceptors (Lipinski definition) is 6. The average molecular weight is 466 g/mol. The number of aliphatic hydroxyl groups is 1. The second kappa shape index (κ2) is 8.73. The number of pyridine rings is 2. The lowest BCUT2D eigenvalue weighted by Gasteiger charge is -2.38. The van der Waals surface area contributed by atoms with Crippen molar-refractivity contribution in [3.63, 3.8) is 0 Å². The van der Waals surface area contributed by atoms with Crippen LogP contribution in [0.4, 0.5) is 8.78 Å². The van der Waals surface area contributed by atoms with Crippen LogP contribution in [0.3, 0.4) is 0 Å². The number of halogens is 2. The first-order valence-corrected chi connectivity index (χ1v) is 11.2. The van der Waals surface area contributed by atoms with E-state index in [-0.39, 0.29) is 25.4 Å². The van der Waals surface area contributed by atoms with Gasteiger partial charge in [0, 0.05) is 18.4 Å². The third kappa shape index (κ3) is 4.12. The first-order chi connectivity index (χ1) is 16.4. The molecule has 1 fully saturated rings. The summed E-state index contributed by atoms with van der Waals surface area (Å²) in [5, 5.41) is 14.8. The summed E-state index contributed by atoms with van der Waals surface area (Å²) in [6.07, 6.45) is 1.30. The van der Waals surface area contributed by atoms with Crippen LogP contribution < -0.4 is 10.5 Å². The lowest BCUT2D eigenvalue weighted by atomic mass is 9.75. The first kappa shape index (κ1) is 22.4. The summed E-state index contributed by atoms with van der Waals surface area (Å²) >= 11 is 0. The monoisotopic (exact) mass is 465 g/mol. The van der Waals surface area contributed by atoms with Gasteiger partial charge in [0.2, 0.25) is 5.92 Å². The maximum absolute atomic E-state index is 13.4. The van der Waals surface area contributed by atoms with Crippen LogP contribution in [0, 0.1) is 5.92 Å². The molecule has 3 aromatic heterocycles. The van der Waals surface area contributed by atoms with Crippen LogP contribution in [0.15, 0.2) is 54.7 Å². The van der Waals surface area contributed by atoms with E-state index in [1.54, 1.807) is 23.0 Å². The second-order valence-electron chi connectivity index (χ2n) is 8.54. The average Bonchev–Trinajstić information content (AvgIpc) is 3.26. The Morgan fingerprint density at radius 2 is 1.97 bits per heavy atom. The van der Waals surface area contributed by atoms with Gasteiger partial charge in [0.15, 0.2) is 5.82 Å². The van der Waals surface area contributed by atoms with Crippen LogP contribution in [0.5, 0.6) is 5.75 Å². The zero-order valence-electron chi connectivity index (χ0n) is 18.7. The van der Waals surface area contributed by atoms with Crippen molar-refractivity contribution in [3.8, 4) is 22.8 Å². The molecule has 3 heterocycles. The van der Waals surface area contributed by atoms with Gasteiger partial charge in [-0.2, -0.15) is 5.10 Å². The van der Waals surface area contributed by atoms with Crippen molar-refractivity contribution >= 4 is 10.9 Å². The number of rotatable bonds is 7. The highest BCUT2D eigenvalue weighted by molar-refractivity contribution is 5.90. The van der Waals surface area contributed by atoms with Crippen LogP contribution in [-0.2, 0) is 6.61 Å². The molecule has 0 radical (unpaired) electrons. The molecule has 5 rings (SSSR count). The van der Waals surface area contributed by atoms with Gasteiger partial charge in [-0.1, -0.05) is 12.1 Å². The fraction of sp³-hybridized carbons (Fsp3) is 0.320. The smallest absolute Gasteiger partial charge is 0.248 e. The molecule has 0 saturated heterocycles. The maximum atomic E-state index is 13.4. The molecule has 1 aliphatic rings.